The molecule has 0 aliphatic rings. The summed E-state index contributed by atoms with van der Waals surface area (Å²) in [4.78, 5) is 4.08. The Morgan fingerprint density at radius 1 is 1.67 bits per heavy atom. The number of nitrogens with two attached hydrogens (primary N) is 1. The van der Waals surface area contributed by atoms with E-state index < -0.39 is 0 Å². The SMILES string of the molecule is C#CCC(N)c1nc(COCCC)no1. The predicted molar refractivity (Wildman–Crippen MR) is 54.6 cm³/mol. The van der Waals surface area contributed by atoms with Crippen LogP contribution in [0.2, 0.25) is 0 Å². The molecule has 15 heavy (non-hydrogen) atoms. The molecule has 1 aromatic rings. The summed E-state index contributed by atoms with van der Waals surface area (Å²) < 4.78 is 10.2. The first-order chi connectivity index (χ1) is 7.27. The molecular formula is C10H15N3O2. The van der Waals surface area contributed by atoms with Gasteiger partial charge >= 0.3 is 0 Å². The Hall–Kier alpha value is -1.38. The van der Waals surface area contributed by atoms with Crippen LogP contribution in [0.25, 0.3) is 0 Å². The van der Waals surface area contributed by atoms with E-state index in [0.717, 1.165) is 6.42 Å². The number of rotatable bonds is 6. The van der Waals surface area contributed by atoms with Crippen LogP contribution in [0, 0.1) is 12.3 Å². The van der Waals surface area contributed by atoms with Gasteiger partial charge in [-0.05, 0) is 6.42 Å². The van der Waals surface area contributed by atoms with Crippen molar-refractivity contribution >= 4 is 0 Å². The van der Waals surface area contributed by atoms with Crippen molar-refractivity contribution in [2.45, 2.75) is 32.4 Å². The fraction of sp³-hybridized carbons (Fsp3) is 0.600. The van der Waals surface area contributed by atoms with Crippen molar-refractivity contribution in [2.75, 3.05) is 6.61 Å². The van der Waals surface area contributed by atoms with Crippen molar-refractivity contribution in [3.8, 4) is 12.3 Å². The molecule has 0 saturated carbocycles. The Kier molecular flexibility index (Phi) is 4.81. The molecule has 0 spiro atoms. The number of ether oxygens (including phenoxy) is 1. The highest BCUT2D eigenvalue weighted by Crippen LogP contribution is 2.10. The Labute approximate surface area is 89.0 Å². The van der Waals surface area contributed by atoms with Crippen LogP contribution in [-0.2, 0) is 11.3 Å². The van der Waals surface area contributed by atoms with Gasteiger partial charge in [-0.15, -0.1) is 12.3 Å². The summed E-state index contributed by atoms with van der Waals surface area (Å²) in [6, 6.07) is -0.387. The van der Waals surface area contributed by atoms with Crippen LogP contribution in [0.15, 0.2) is 4.52 Å². The molecule has 0 aromatic carbocycles. The van der Waals surface area contributed by atoms with Gasteiger partial charge in [-0.1, -0.05) is 12.1 Å². The first-order valence-corrected chi connectivity index (χ1v) is 4.87. The van der Waals surface area contributed by atoms with Gasteiger partial charge in [0.15, 0.2) is 5.82 Å². The minimum Gasteiger partial charge on any atom is -0.373 e. The topological polar surface area (TPSA) is 74.2 Å². The van der Waals surface area contributed by atoms with Gasteiger partial charge in [0, 0.05) is 13.0 Å². The highest BCUT2D eigenvalue weighted by Gasteiger charge is 2.13. The lowest BCUT2D eigenvalue weighted by molar-refractivity contribution is 0.114. The van der Waals surface area contributed by atoms with E-state index in [-0.39, 0.29) is 6.04 Å². The van der Waals surface area contributed by atoms with E-state index in [1.54, 1.807) is 0 Å². The van der Waals surface area contributed by atoms with E-state index in [1.807, 2.05) is 6.92 Å². The lowest BCUT2D eigenvalue weighted by Gasteiger charge is -1.99. The molecule has 0 radical (unpaired) electrons. The molecule has 5 nitrogen and oxygen atoms in total. The van der Waals surface area contributed by atoms with Gasteiger partial charge in [0.2, 0.25) is 5.89 Å². The van der Waals surface area contributed by atoms with Crippen molar-refractivity contribution in [1.29, 1.82) is 0 Å². The van der Waals surface area contributed by atoms with Gasteiger partial charge in [-0.25, -0.2) is 0 Å². The molecule has 1 unspecified atom stereocenters. The number of hydrogen-bond donors (Lipinski definition) is 1. The summed E-state index contributed by atoms with van der Waals surface area (Å²) >= 11 is 0. The van der Waals surface area contributed by atoms with Crippen LogP contribution in [0.3, 0.4) is 0 Å². The predicted octanol–water partition coefficient (Wildman–Crippen LogP) is 1.02. The second-order valence-corrected chi connectivity index (χ2v) is 3.12. The van der Waals surface area contributed by atoms with Gasteiger partial charge in [-0.2, -0.15) is 4.98 Å². The minimum absolute atomic E-state index is 0.347. The third-order valence-corrected chi connectivity index (χ3v) is 1.72. The van der Waals surface area contributed by atoms with E-state index in [9.17, 15) is 0 Å². The average molecular weight is 209 g/mol. The van der Waals surface area contributed by atoms with Crippen molar-refractivity contribution in [2.24, 2.45) is 5.73 Å². The van der Waals surface area contributed by atoms with Crippen molar-refractivity contribution in [3.05, 3.63) is 11.7 Å². The molecule has 0 saturated heterocycles. The molecule has 1 heterocycles. The standard InChI is InChI=1S/C10H15N3O2/c1-3-5-8(11)10-12-9(13-15-10)7-14-6-4-2/h1,8H,4-7,11H2,2H3. The van der Waals surface area contributed by atoms with E-state index in [4.69, 9.17) is 21.4 Å². The van der Waals surface area contributed by atoms with E-state index in [0.29, 0.717) is 31.3 Å². The maximum atomic E-state index is 5.69. The Morgan fingerprint density at radius 3 is 3.13 bits per heavy atom. The number of hydrogen-bond acceptors (Lipinski definition) is 5. The largest absolute Gasteiger partial charge is 0.373 e. The molecule has 0 fully saturated rings. The smallest absolute Gasteiger partial charge is 0.244 e. The Balaban J connectivity index is 2.45. The summed E-state index contributed by atoms with van der Waals surface area (Å²) in [5.41, 5.74) is 5.69. The molecule has 0 aliphatic heterocycles. The van der Waals surface area contributed by atoms with E-state index in [2.05, 4.69) is 16.1 Å². The first-order valence-electron chi connectivity index (χ1n) is 4.87. The zero-order valence-electron chi connectivity index (χ0n) is 8.77. The van der Waals surface area contributed by atoms with Crippen LogP contribution in [0.5, 0.6) is 0 Å². The molecule has 0 bridgehead atoms. The van der Waals surface area contributed by atoms with Crippen LogP contribution < -0.4 is 5.73 Å². The summed E-state index contributed by atoms with van der Waals surface area (Å²) in [5.74, 6) is 3.31. The van der Waals surface area contributed by atoms with Crippen LogP contribution in [0.4, 0.5) is 0 Å². The highest BCUT2D eigenvalue weighted by atomic mass is 16.5. The second-order valence-electron chi connectivity index (χ2n) is 3.12. The maximum Gasteiger partial charge on any atom is 0.244 e. The molecule has 1 atom stereocenters. The number of nitrogens with zero attached hydrogens (tertiary/aromatic N) is 2. The highest BCUT2D eigenvalue weighted by molar-refractivity contribution is 4.97. The lowest BCUT2D eigenvalue weighted by Crippen LogP contribution is -2.09. The van der Waals surface area contributed by atoms with Crippen molar-refractivity contribution in [1.82, 2.24) is 10.1 Å². The minimum atomic E-state index is -0.387. The fourth-order valence-electron chi connectivity index (χ4n) is 0.999. The summed E-state index contributed by atoms with van der Waals surface area (Å²) in [6.07, 6.45) is 6.47. The van der Waals surface area contributed by atoms with Crippen molar-refractivity contribution < 1.29 is 9.26 Å². The Bertz CT molecular complexity index is 330. The van der Waals surface area contributed by atoms with Gasteiger partial charge in [0.25, 0.3) is 0 Å². The van der Waals surface area contributed by atoms with E-state index in [1.165, 1.54) is 0 Å². The lowest BCUT2D eigenvalue weighted by atomic mass is 10.2. The summed E-state index contributed by atoms with van der Waals surface area (Å²) in [5, 5.41) is 3.73. The average Bonchev–Trinajstić information content (AvgIpc) is 2.67. The Morgan fingerprint density at radius 2 is 2.47 bits per heavy atom. The van der Waals surface area contributed by atoms with Crippen LogP contribution in [-0.4, -0.2) is 16.7 Å². The third-order valence-electron chi connectivity index (χ3n) is 1.72. The molecule has 2 N–H and O–H groups in total. The van der Waals surface area contributed by atoms with Gasteiger partial charge < -0.3 is 15.0 Å². The third kappa shape index (κ3) is 3.70. The second kappa shape index (κ2) is 6.17. The van der Waals surface area contributed by atoms with Crippen molar-refractivity contribution in [3.63, 3.8) is 0 Å². The molecule has 0 aliphatic carbocycles. The van der Waals surface area contributed by atoms with Gasteiger partial charge in [-0.3, -0.25) is 0 Å². The number of aromatic nitrogens is 2. The van der Waals surface area contributed by atoms with E-state index >= 15 is 0 Å². The fourth-order valence-corrected chi connectivity index (χ4v) is 0.999. The molecule has 1 aromatic heterocycles. The molecule has 0 amide bonds. The number of terminal acetylenes is 1. The quantitative estimate of drug-likeness (QED) is 0.559. The summed E-state index contributed by atoms with van der Waals surface area (Å²) in [7, 11) is 0. The van der Waals surface area contributed by atoms with Crippen LogP contribution >= 0.6 is 0 Å². The van der Waals surface area contributed by atoms with Crippen LogP contribution in [0.1, 0.15) is 37.5 Å². The first kappa shape index (κ1) is 11.7. The molecule has 1 rings (SSSR count). The zero-order chi connectivity index (χ0) is 11.1. The normalized spacial score (nSPS) is 12.3. The van der Waals surface area contributed by atoms with Gasteiger partial charge in [0.1, 0.15) is 6.61 Å². The zero-order valence-corrected chi connectivity index (χ0v) is 8.77. The van der Waals surface area contributed by atoms with Gasteiger partial charge in [0.05, 0.1) is 6.04 Å². The monoisotopic (exact) mass is 209 g/mol. The molecule has 82 valence electrons. The maximum absolute atomic E-state index is 5.69. The summed E-state index contributed by atoms with van der Waals surface area (Å²) in [6.45, 7) is 3.06. The molecular weight excluding hydrogens is 194 g/mol. The molecule has 5 heteroatoms.